The largest absolute Gasteiger partial charge is 0.398 e. The van der Waals surface area contributed by atoms with Crippen molar-refractivity contribution >= 4 is 11.4 Å². The van der Waals surface area contributed by atoms with E-state index < -0.39 is 0 Å². The van der Waals surface area contributed by atoms with E-state index in [0.717, 1.165) is 16.9 Å². The second-order valence-electron chi connectivity index (χ2n) is 2.85. The minimum absolute atomic E-state index is 0.105. The van der Waals surface area contributed by atoms with Crippen molar-refractivity contribution < 1.29 is 5.11 Å². The van der Waals surface area contributed by atoms with Crippen molar-refractivity contribution in [1.29, 1.82) is 0 Å². The molecule has 1 aromatic rings. The molecule has 0 saturated carbocycles. The molecule has 0 saturated heterocycles. The smallest absolute Gasteiger partial charge is 0.0574 e. The van der Waals surface area contributed by atoms with Crippen molar-refractivity contribution in [2.75, 3.05) is 24.3 Å². The Balaban J connectivity index is 2.53. The predicted octanol–water partition coefficient (Wildman–Crippen LogP) is 0.486. The third-order valence-electron chi connectivity index (χ3n) is 1.75. The van der Waals surface area contributed by atoms with Crippen molar-refractivity contribution in [1.82, 2.24) is 5.43 Å². The Hall–Kier alpha value is -1.26. The molecular weight excluding hydrogens is 166 g/mol. The maximum Gasteiger partial charge on any atom is 0.0574 e. The maximum absolute atomic E-state index is 8.52. The molecule has 0 heterocycles. The highest BCUT2D eigenvalue weighted by Crippen LogP contribution is 2.15. The van der Waals surface area contributed by atoms with Gasteiger partial charge in [0.1, 0.15) is 0 Å². The summed E-state index contributed by atoms with van der Waals surface area (Å²) in [6, 6.07) is 5.72. The number of rotatable bonds is 4. The zero-order valence-electron chi connectivity index (χ0n) is 7.67. The number of hydrazine groups is 1. The van der Waals surface area contributed by atoms with E-state index in [0.29, 0.717) is 6.54 Å². The van der Waals surface area contributed by atoms with Crippen molar-refractivity contribution in [2.45, 2.75) is 6.92 Å². The minimum Gasteiger partial charge on any atom is -0.398 e. The zero-order chi connectivity index (χ0) is 9.68. The normalized spacial score (nSPS) is 10.0. The molecular formula is C9H15N3O. The molecule has 72 valence electrons. The Labute approximate surface area is 77.7 Å². The van der Waals surface area contributed by atoms with Gasteiger partial charge in [0.25, 0.3) is 0 Å². The number of nitrogen functional groups attached to an aromatic ring is 1. The molecule has 0 aliphatic carbocycles. The average Bonchev–Trinajstić information content (AvgIpc) is 2.12. The van der Waals surface area contributed by atoms with Crippen molar-refractivity contribution in [2.24, 2.45) is 0 Å². The van der Waals surface area contributed by atoms with Gasteiger partial charge in [-0.15, -0.1) is 0 Å². The van der Waals surface area contributed by atoms with Crippen LogP contribution in [0.5, 0.6) is 0 Å². The molecule has 0 radical (unpaired) electrons. The summed E-state index contributed by atoms with van der Waals surface area (Å²) in [6.45, 7) is 2.57. The zero-order valence-corrected chi connectivity index (χ0v) is 7.67. The van der Waals surface area contributed by atoms with E-state index in [1.165, 1.54) is 0 Å². The summed E-state index contributed by atoms with van der Waals surface area (Å²) in [6.07, 6.45) is 0. The van der Waals surface area contributed by atoms with Crippen LogP contribution in [-0.4, -0.2) is 18.3 Å². The van der Waals surface area contributed by atoms with E-state index in [2.05, 4.69) is 10.9 Å². The fraction of sp³-hybridized carbons (Fsp3) is 0.333. The highest BCUT2D eigenvalue weighted by Gasteiger charge is 1.94. The second kappa shape index (κ2) is 4.69. The first-order chi connectivity index (χ1) is 6.24. The van der Waals surface area contributed by atoms with Crippen LogP contribution in [0.15, 0.2) is 18.2 Å². The first-order valence-corrected chi connectivity index (χ1v) is 4.20. The molecule has 0 spiro atoms. The van der Waals surface area contributed by atoms with E-state index in [4.69, 9.17) is 10.8 Å². The van der Waals surface area contributed by atoms with Gasteiger partial charge in [0.05, 0.1) is 12.3 Å². The van der Waals surface area contributed by atoms with E-state index in [1.54, 1.807) is 0 Å². The average molecular weight is 181 g/mol. The molecule has 13 heavy (non-hydrogen) atoms. The first kappa shape index (κ1) is 9.83. The molecule has 1 rings (SSSR count). The lowest BCUT2D eigenvalue weighted by Gasteiger charge is -2.08. The molecule has 4 nitrogen and oxygen atoms in total. The number of aliphatic hydroxyl groups excluding tert-OH is 1. The van der Waals surface area contributed by atoms with Gasteiger partial charge in [0, 0.05) is 12.2 Å². The lowest BCUT2D eigenvalue weighted by molar-refractivity contribution is 0.296. The number of hydrogen-bond acceptors (Lipinski definition) is 4. The Kier molecular flexibility index (Phi) is 3.54. The van der Waals surface area contributed by atoms with Crippen LogP contribution in [0, 0.1) is 6.92 Å². The Bertz CT molecular complexity index is 276. The minimum atomic E-state index is 0.105. The third-order valence-corrected chi connectivity index (χ3v) is 1.75. The number of nitrogens with one attached hydrogen (secondary N) is 2. The van der Waals surface area contributed by atoms with Gasteiger partial charge < -0.3 is 16.3 Å². The number of anilines is 2. The van der Waals surface area contributed by atoms with Crippen LogP contribution in [-0.2, 0) is 0 Å². The lowest BCUT2D eigenvalue weighted by atomic mass is 10.2. The fourth-order valence-electron chi connectivity index (χ4n) is 0.939. The van der Waals surface area contributed by atoms with Gasteiger partial charge in [-0.1, -0.05) is 6.07 Å². The first-order valence-electron chi connectivity index (χ1n) is 4.20. The summed E-state index contributed by atoms with van der Waals surface area (Å²) < 4.78 is 0. The molecule has 0 fully saturated rings. The van der Waals surface area contributed by atoms with Gasteiger partial charge in [-0.2, -0.15) is 0 Å². The molecule has 0 amide bonds. The fourth-order valence-corrected chi connectivity index (χ4v) is 0.939. The van der Waals surface area contributed by atoms with Crippen LogP contribution in [0.2, 0.25) is 0 Å². The molecule has 0 aliphatic heterocycles. The quantitative estimate of drug-likeness (QED) is 0.310. The van der Waals surface area contributed by atoms with Crippen LogP contribution < -0.4 is 16.6 Å². The van der Waals surface area contributed by atoms with Gasteiger partial charge in [-0.3, -0.25) is 0 Å². The molecule has 1 aromatic carbocycles. The van der Waals surface area contributed by atoms with Gasteiger partial charge in [0.2, 0.25) is 0 Å². The maximum atomic E-state index is 8.52. The summed E-state index contributed by atoms with van der Waals surface area (Å²) >= 11 is 0. The van der Waals surface area contributed by atoms with Crippen LogP contribution in [0.4, 0.5) is 11.4 Å². The summed E-state index contributed by atoms with van der Waals surface area (Å²) in [5.74, 6) is 0. The molecule has 5 N–H and O–H groups in total. The van der Waals surface area contributed by atoms with Gasteiger partial charge >= 0.3 is 0 Å². The molecule has 0 atom stereocenters. The molecule has 0 aliphatic rings. The monoisotopic (exact) mass is 181 g/mol. The topological polar surface area (TPSA) is 70.3 Å². The van der Waals surface area contributed by atoms with E-state index in [-0.39, 0.29) is 6.61 Å². The Morgan fingerprint density at radius 3 is 2.85 bits per heavy atom. The van der Waals surface area contributed by atoms with Crippen molar-refractivity contribution in [3.05, 3.63) is 23.8 Å². The summed E-state index contributed by atoms with van der Waals surface area (Å²) in [4.78, 5) is 0. The standard InChI is InChI=1S/C9H15N3O/c1-7-2-3-8(6-9(7)10)12-11-4-5-13/h2-3,6,11-13H,4-5,10H2,1H3. The van der Waals surface area contributed by atoms with Crippen LogP contribution >= 0.6 is 0 Å². The summed E-state index contributed by atoms with van der Waals surface area (Å²) in [5.41, 5.74) is 14.2. The van der Waals surface area contributed by atoms with Crippen molar-refractivity contribution in [3.8, 4) is 0 Å². The van der Waals surface area contributed by atoms with Gasteiger partial charge in [-0.25, -0.2) is 5.43 Å². The number of hydrogen-bond donors (Lipinski definition) is 4. The summed E-state index contributed by atoms with van der Waals surface area (Å²) in [7, 11) is 0. The molecule has 4 heteroatoms. The van der Waals surface area contributed by atoms with Crippen molar-refractivity contribution in [3.63, 3.8) is 0 Å². The molecule has 0 bridgehead atoms. The van der Waals surface area contributed by atoms with Crippen LogP contribution in [0.25, 0.3) is 0 Å². The Morgan fingerprint density at radius 1 is 1.46 bits per heavy atom. The van der Waals surface area contributed by atoms with E-state index in [1.807, 2.05) is 25.1 Å². The SMILES string of the molecule is Cc1ccc(NNCCO)cc1N. The predicted molar refractivity (Wildman–Crippen MR) is 54.3 cm³/mol. The summed E-state index contributed by atoms with van der Waals surface area (Å²) in [5, 5.41) is 8.52. The lowest BCUT2D eigenvalue weighted by Crippen LogP contribution is -2.24. The second-order valence-corrected chi connectivity index (χ2v) is 2.85. The highest BCUT2D eigenvalue weighted by molar-refractivity contribution is 5.57. The number of aryl methyl sites for hydroxylation is 1. The van der Waals surface area contributed by atoms with Crippen LogP contribution in [0.1, 0.15) is 5.56 Å². The number of aliphatic hydroxyl groups is 1. The highest BCUT2D eigenvalue weighted by atomic mass is 16.3. The van der Waals surface area contributed by atoms with Crippen LogP contribution in [0.3, 0.4) is 0 Å². The number of nitrogens with two attached hydrogens (primary N) is 1. The van der Waals surface area contributed by atoms with Gasteiger partial charge in [0.15, 0.2) is 0 Å². The van der Waals surface area contributed by atoms with E-state index >= 15 is 0 Å². The Morgan fingerprint density at radius 2 is 2.23 bits per heavy atom. The molecule has 0 unspecified atom stereocenters. The van der Waals surface area contributed by atoms with E-state index in [9.17, 15) is 0 Å². The van der Waals surface area contributed by atoms with Gasteiger partial charge in [-0.05, 0) is 24.6 Å². The third kappa shape index (κ3) is 2.93. The number of benzene rings is 1. The molecule has 0 aromatic heterocycles.